The predicted molar refractivity (Wildman–Crippen MR) is 79.1 cm³/mol. The summed E-state index contributed by atoms with van der Waals surface area (Å²) in [4.78, 5) is 0. The Morgan fingerprint density at radius 2 is 2.05 bits per heavy atom. The van der Waals surface area contributed by atoms with E-state index >= 15 is 0 Å². The number of rotatable bonds is 13. The van der Waals surface area contributed by atoms with Gasteiger partial charge in [-0.3, -0.25) is 0 Å². The lowest BCUT2D eigenvalue weighted by molar-refractivity contribution is 0.0426. The van der Waals surface area contributed by atoms with Gasteiger partial charge in [0.2, 0.25) is 0 Å². The maximum atomic E-state index is 5.78. The van der Waals surface area contributed by atoms with Crippen LogP contribution in [-0.4, -0.2) is 65.9 Å². The van der Waals surface area contributed by atoms with Crippen molar-refractivity contribution in [3.05, 3.63) is 0 Å². The summed E-state index contributed by atoms with van der Waals surface area (Å²) < 4.78 is 21.6. The van der Waals surface area contributed by atoms with E-state index < -0.39 is 0 Å². The summed E-state index contributed by atoms with van der Waals surface area (Å²) >= 11 is 0. The van der Waals surface area contributed by atoms with Crippen LogP contribution in [0.15, 0.2) is 0 Å². The van der Waals surface area contributed by atoms with E-state index in [-0.39, 0.29) is 0 Å². The van der Waals surface area contributed by atoms with Crippen molar-refractivity contribution in [1.29, 1.82) is 0 Å². The van der Waals surface area contributed by atoms with Gasteiger partial charge in [0, 0.05) is 38.9 Å². The summed E-state index contributed by atoms with van der Waals surface area (Å²) in [6.07, 6.45) is 3.23. The molecule has 0 saturated carbocycles. The second kappa shape index (κ2) is 12.5. The van der Waals surface area contributed by atoms with Crippen LogP contribution in [0.1, 0.15) is 26.2 Å². The zero-order valence-electron chi connectivity index (χ0n) is 13.1. The summed E-state index contributed by atoms with van der Waals surface area (Å²) in [7, 11) is 1.68. The monoisotopic (exact) mass is 289 g/mol. The molecule has 0 radical (unpaired) electrons. The Labute approximate surface area is 123 Å². The van der Waals surface area contributed by atoms with Crippen molar-refractivity contribution in [2.24, 2.45) is 5.92 Å². The fraction of sp³-hybridized carbons (Fsp3) is 1.00. The highest BCUT2D eigenvalue weighted by Crippen LogP contribution is 2.17. The van der Waals surface area contributed by atoms with Gasteiger partial charge < -0.3 is 24.3 Å². The molecule has 1 aliphatic heterocycles. The maximum Gasteiger partial charge on any atom is 0.0700 e. The van der Waals surface area contributed by atoms with E-state index in [9.17, 15) is 0 Å². The number of hydrogen-bond donors (Lipinski definition) is 1. The van der Waals surface area contributed by atoms with Crippen molar-refractivity contribution in [2.45, 2.75) is 32.2 Å². The van der Waals surface area contributed by atoms with Crippen LogP contribution in [0, 0.1) is 5.92 Å². The quantitative estimate of drug-likeness (QED) is 0.520. The van der Waals surface area contributed by atoms with Crippen molar-refractivity contribution in [3.8, 4) is 0 Å². The molecule has 0 aromatic rings. The molecule has 1 heterocycles. The van der Waals surface area contributed by atoms with Gasteiger partial charge in [-0.1, -0.05) is 6.92 Å². The zero-order valence-corrected chi connectivity index (χ0v) is 13.1. The number of methoxy groups -OCH3 is 1. The van der Waals surface area contributed by atoms with E-state index in [4.69, 9.17) is 18.9 Å². The van der Waals surface area contributed by atoms with Crippen LogP contribution in [-0.2, 0) is 18.9 Å². The fourth-order valence-corrected chi connectivity index (χ4v) is 2.28. The highest BCUT2D eigenvalue weighted by molar-refractivity contribution is 4.79. The summed E-state index contributed by atoms with van der Waals surface area (Å²) in [6, 6.07) is 0.423. The average molecular weight is 289 g/mol. The number of hydrogen-bond acceptors (Lipinski definition) is 5. The normalized spacial score (nSPS) is 20.4. The molecule has 1 aliphatic rings. The first kappa shape index (κ1) is 17.9. The van der Waals surface area contributed by atoms with E-state index in [0.717, 1.165) is 58.8 Å². The first-order valence-corrected chi connectivity index (χ1v) is 7.84. The van der Waals surface area contributed by atoms with Crippen LogP contribution in [0.25, 0.3) is 0 Å². The van der Waals surface area contributed by atoms with Gasteiger partial charge in [0.15, 0.2) is 0 Å². The minimum atomic E-state index is 0.423. The van der Waals surface area contributed by atoms with Crippen LogP contribution < -0.4 is 5.32 Å². The minimum absolute atomic E-state index is 0.423. The van der Waals surface area contributed by atoms with Gasteiger partial charge in [0.1, 0.15) is 0 Å². The molecular formula is C15H31NO4. The second-order valence-electron chi connectivity index (χ2n) is 5.22. The molecule has 0 bridgehead atoms. The topological polar surface area (TPSA) is 49.0 Å². The van der Waals surface area contributed by atoms with Crippen molar-refractivity contribution >= 4 is 0 Å². The lowest BCUT2D eigenvalue weighted by atomic mass is 9.99. The van der Waals surface area contributed by atoms with Crippen LogP contribution in [0.4, 0.5) is 0 Å². The molecule has 120 valence electrons. The molecule has 0 aliphatic carbocycles. The Bertz CT molecular complexity index is 210. The highest BCUT2D eigenvalue weighted by atomic mass is 16.5. The summed E-state index contributed by atoms with van der Waals surface area (Å²) in [5, 5.41) is 3.58. The molecule has 1 fully saturated rings. The first-order chi connectivity index (χ1) is 9.88. The van der Waals surface area contributed by atoms with Gasteiger partial charge in [0.25, 0.3) is 0 Å². The van der Waals surface area contributed by atoms with Crippen molar-refractivity contribution in [3.63, 3.8) is 0 Å². The van der Waals surface area contributed by atoms with Gasteiger partial charge in [0.05, 0.1) is 26.4 Å². The van der Waals surface area contributed by atoms with Gasteiger partial charge in [-0.25, -0.2) is 0 Å². The third kappa shape index (κ3) is 8.17. The SMILES string of the molecule is CCCNC(COCCCOCCOC)C1CCOC1. The molecule has 1 saturated heterocycles. The summed E-state index contributed by atoms with van der Waals surface area (Å²) in [6.45, 7) is 8.58. The molecule has 0 spiro atoms. The zero-order chi connectivity index (χ0) is 14.5. The molecule has 2 unspecified atom stereocenters. The second-order valence-corrected chi connectivity index (χ2v) is 5.22. The van der Waals surface area contributed by atoms with Crippen molar-refractivity contribution in [1.82, 2.24) is 5.32 Å². The molecule has 5 heteroatoms. The molecule has 1 N–H and O–H groups in total. The van der Waals surface area contributed by atoms with E-state index in [2.05, 4.69) is 12.2 Å². The van der Waals surface area contributed by atoms with E-state index in [0.29, 0.717) is 25.2 Å². The summed E-state index contributed by atoms with van der Waals surface area (Å²) in [5.74, 6) is 0.597. The van der Waals surface area contributed by atoms with E-state index in [1.165, 1.54) is 0 Å². The Hall–Kier alpha value is -0.200. The van der Waals surface area contributed by atoms with Gasteiger partial charge in [-0.15, -0.1) is 0 Å². The van der Waals surface area contributed by atoms with Crippen LogP contribution in [0.5, 0.6) is 0 Å². The van der Waals surface area contributed by atoms with Crippen LogP contribution >= 0.6 is 0 Å². The lowest BCUT2D eigenvalue weighted by Crippen LogP contribution is -2.41. The van der Waals surface area contributed by atoms with Crippen LogP contribution in [0.3, 0.4) is 0 Å². The Morgan fingerprint density at radius 1 is 1.20 bits per heavy atom. The molecule has 2 atom stereocenters. The molecule has 5 nitrogen and oxygen atoms in total. The molecule has 0 aromatic heterocycles. The lowest BCUT2D eigenvalue weighted by Gasteiger charge is -2.23. The third-order valence-corrected chi connectivity index (χ3v) is 3.50. The molecular weight excluding hydrogens is 258 g/mol. The average Bonchev–Trinajstić information content (AvgIpc) is 2.99. The number of nitrogens with one attached hydrogen (secondary N) is 1. The molecule has 1 rings (SSSR count). The van der Waals surface area contributed by atoms with Gasteiger partial charge in [-0.05, 0) is 25.8 Å². The van der Waals surface area contributed by atoms with E-state index in [1.807, 2.05) is 0 Å². The fourth-order valence-electron chi connectivity index (χ4n) is 2.28. The van der Waals surface area contributed by atoms with Crippen molar-refractivity contribution < 1.29 is 18.9 Å². The van der Waals surface area contributed by atoms with Crippen molar-refractivity contribution in [2.75, 3.05) is 59.9 Å². The van der Waals surface area contributed by atoms with E-state index in [1.54, 1.807) is 7.11 Å². The van der Waals surface area contributed by atoms with Gasteiger partial charge in [-0.2, -0.15) is 0 Å². The smallest absolute Gasteiger partial charge is 0.0700 e. The first-order valence-electron chi connectivity index (χ1n) is 7.84. The number of ether oxygens (including phenoxy) is 4. The molecule has 0 amide bonds. The Kier molecular flexibility index (Phi) is 11.2. The minimum Gasteiger partial charge on any atom is -0.382 e. The maximum absolute atomic E-state index is 5.78. The third-order valence-electron chi connectivity index (χ3n) is 3.50. The van der Waals surface area contributed by atoms with Gasteiger partial charge >= 0.3 is 0 Å². The predicted octanol–water partition coefficient (Wildman–Crippen LogP) is 1.46. The van der Waals surface area contributed by atoms with Crippen LogP contribution in [0.2, 0.25) is 0 Å². The molecule has 20 heavy (non-hydrogen) atoms. The standard InChI is InChI=1S/C15H31NO4/c1-3-6-16-15(14-5-9-20-12-14)13-19-8-4-7-18-11-10-17-2/h14-16H,3-13H2,1-2H3. The Balaban J connectivity index is 2.02. The Morgan fingerprint density at radius 3 is 2.75 bits per heavy atom. The highest BCUT2D eigenvalue weighted by Gasteiger charge is 2.25. The molecule has 0 aromatic carbocycles. The largest absolute Gasteiger partial charge is 0.382 e. The summed E-state index contributed by atoms with van der Waals surface area (Å²) in [5.41, 5.74) is 0.